The van der Waals surface area contributed by atoms with Crippen molar-refractivity contribution in [1.29, 1.82) is 0 Å². The van der Waals surface area contributed by atoms with Crippen LogP contribution in [0.15, 0.2) is 18.2 Å². The lowest BCUT2D eigenvalue weighted by atomic mass is 9.86. The van der Waals surface area contributed by atoms with Gasteiger partial charge in [-0.1, -0.05) is 25.8 Å². The van der Waals surface area contributed by atoms with Crippen molar-refractivity contribution < 1.29 is 4.79 Å². The van der Waals surface area contributed by atoms with E-state index in [1.54, 1.807) is 0 Å². The monoisotopic (exact) mass is 272 g/mol. The molecule has 2 N–H and O–H groups in total. The Morgan fingerprint density at radius 1 is 1.10 bits per heavy atom. The number of benzene rings is 1. The van der Waals surface area contributed by atoms with E-state index in [-0.39, 0.29) is 6.03 Å². The summed E-state index contributed by atoms with van der Waals surface area (Å²) in [5.41, 5.74) is 3.76. The smallest absolute Gasteiger partial charge is 0.319 e. The number of rotatable bonds is 2. The van der Waals surface area contributed by atoms with Crippen LogP contribution in [0.5, 0.6) is 0 Å². The topological polar surface area (TPSA) is 41.1 Å². The van der Waals surface area contributed by atoms with Crippen LogP contribution in [0, 0.1) is 5.92 Å². The third-order valence-electron chi connectivity index (χ3n) is 4.78. The van der Waals surface area contributed by atoms with Gasteiger partial charge in [-0.05, 0) is 61.3 Å². The van der Waals surface area contributed by atoms with Gasteiger partial charge in [-0.3, -0.25) is 0 Å². The number of carbonyl (C=O) groups is 1. The van der Waals surface area contributed by atoms with E-state index in [9.17, 15) is 4.79 Å². The van der Waals surface area contributed by atoms with E-state index in [1.165, 1.54) is 43.2 Å². The predicted octanol–water partition coefficient (Wildman–Crippen LogP) is 3.88. The zero-order valence-corrected chi connectivity index (χ0v) is 12.2. The molecule has 0 heterocycles. The lowest BCUT2D eigenvalue weighted by Crippen LogP contribution is -2.43. The average Bonchev–Trinajstić information content (AvgIpc) is 2.89. The fourth-order valence-electron chi connectivity index (χ4n) is 3.52. The van der Waals surface area contributed by atoms with E-state index < -0.39 is 0 Å². The summed E-state index contributed by atoms with van der Waals surface area (Å²) in [4.78, 5) is 12.1. The van der Waals surface area contributed by atoms with Crippen LogP contribution in [0.25, 0.3) is 0 Å². The van der Waals surface area contributed by atoms with E-state index in [2.05, 4.69) is 29.7 Å². The van der Waals surface area contributed by atoms with Crippen LogP contribution in [0.2, 0.25) is 0 Å². The van der Waals surface area contributed by atoms with Gasteiger partial charge in [-0.15, -0.1) is 0 Å². The third-order valence-corrected chi connectivity index (χ3v) is 4.78. The molecule has 2 aliphatic carbocycles. The molecule has 0 spiro atoms. The number of urea groups is 1. The first-order chi connectivity index (χ1) is 9.72. The Labute approximate surface area is 121 Å². The van der Waals surface area contributed by atoms with Crippen molar-refractivity contribution in [1.82, 2.24) is 5.32 Å². The van der Waals surface area contributed by atoms with Crippen molar-refractivity contribution in [3.05, 3.63) is 29.3 Å². The van der Waals surface area contributed by atoms with E-state index in [0.29, 0.717) is 12.0 Å². The molecule has 20 heavy (non-hydrogen) atoms. The van der Waals surface area contributed by atoms with Crippen LogP contribution in [0.3, 0.4) is 0 Å². The highest BCUT2D eigenvalue weighted by Gasteiger charge is 2.22. The summed E-state index contributed by atoms with van der Waals surface area (Å²) in [6.45, 7) is 2.24. The Kier molecular flexibility index (Phi) is 3.95. The number of fused-ring (bicyclic) bond motifs is 1. The van der Waals surface area contributed by atoms with Crippen LogP contribution in [0.4, 0.5) is 10.5 Å². The number of amides is 2. The zero-order valence-electron chi connectivity index (χ0n) is 12.2. The van der Waals surface area contributed by atoms with Gasteiger partial charge in [0.15, 0.2) is 0 Å². The molecule has 0 bridgehead atoms. The quantitative estimate of drug-likeness (QED) is 0.843. The molecule has 3 heteroatoms. The molecule has 0 radical (unpaired) electrons. The second-order valence-corrected chi connectivity index (χ2v) is 6.30. The summed E-state index contributed by atoms with van der Waals surface area (Å²) in [6, 6.07) is 6.58. The summed E-state index contributed by atoms with van der Waals surface area (Å²) >= 11 is 0. The Bertz CT molecular complexity index is 498. The highest BCUT2D eigenvalue weighted by Crippen LogP contribution is 2.26. The average molecular weight is 272 g/mol. The maximum Gasteiger partial charge on any atom is 0.319 e. The molecule has 2 amide bonds. The van der Waals surface area contributed by atoms with Gasteiger partial charge in [-0.25, -0.2) is 4.79 Å². The van der Waals surface area contributed by atoms with E-state index >= 15 is 0 Å². The van der Waals surface area contributed by atoms with Crippen LogP contribution in [-0.4, -0.2) is 12.1 Å². The van der Waals surface area contributed by atoms with Crippen molar-refractivity contribution in [2.45, 2.75) is 57.9 Å². The summed E-state index contributed by atoms with van der Waals surface area (Å²) in [7, 11) is 0. The lowest BCUT2D eigenvalue weighted by Gasteiger charge is -2.29. The van der Waals surface area contributed by atoms with Crippen LogP contribution >= 0.6 is 0 Å². The highest BCUT2D eigenvalue weighted by atomic mass is 16.2. The number of anilines is 1. The summed E-state index contributed by atoms with van der Waals surface area (Å²) in [6.07, 6.45) is 8.43. The fourth-order valence-corrected chi connectivity index (χ4v) is 3.52. The van der Waals surface area contributed by atoms with Crippen molar-refractivity contribution >= 4 is 11.7 Å². The summed E-state index contributed by atoms with van der Waals surface area (Å²) in [5.74, 6) is 0.592. The van der Waals surface area contributed by atoms with E-state index in [0.717, 1.165) is 18.5 Å². The molecule has 3 rings (SSSR count). The van der Waals surface area contributed by atoms with Crippen LogP contribution in [-0.2, 0) is 12.8 Å². The maximum atomic E-state index is 12.1. The van der Waals surface area contributed by atoms with Crippen molar-refractivity contribution in [3.63, 3.8) is 0 Å². The molecule has 0 unspecified atom stereocenters. The first kappa shape index (κ1) is 13.5. The maximum absolute atomic E-state index is 12.1. The molecular formula is C17H24N2O. The molecule has 2 aliphatic rings. The summed E-state index contributed by atoms with van der Waals surface area (Å²) < 4.78 is 0. The summed E-state index contributed by atoms with van der Waals surface area (Å²) in [5, 5.41) is 6.12. The van der Waals surface area contributed by atoms with Crippen molar-refractivity contribution in [2.24, 2.45) is 5.92 Å². The minimum Gasteiger partial charge on any atom is -0.335 e. The van der Waals surface area contributed by atoms with Gasteiger partial charge in [0.05, 0.1) is 0 Å². The minimum absolute atomic E-state index is 0.0540. The second kappa shape index (κ2) is 5.86. The molecule has 0 saturated heterocycles. The minimum atomic E-state index is -0.0540. The molecular weight excluding hydrogens is 248 g/mol. The van der Waals surface area contributed by atoms with Crippen molar-refractivity contribution in [2.75, 3.05) is 5.32 Å². The molecule has 108 valence electrons. The molecule has 1 aromatic rings. The highest BCUT2D eigenvalue weighted by molar-refractivity contribution is 5.89. The van der Waals surface area contributed by atoms with Gasteiger partial charge < -0.3 is 10.6 Å². The second-order valence-electron chi connectivity index (χ2n) is 6.30. The number of hydrogen-bond acceptors (Lipinski definition) is 1. The number of carbonyl (C=O) groups excluding carboxylic acids is 1. The zero-order chi connectivity index (χ0) is 13.9. The number of hydrogen-bond donors (Lipinski definition) is 2. The molecule has 0 aromatic heterocycles. The van der Waals surface area contributed by atoms with E-state index in [1.807, 2.05) is 6.07 Å². The van der Waals surface area contributed by atoms with Gasteiger partial charge in [0.2, 0.25) is 0 Å². The largest absolute Gasteiger partial charge is 0.335 e. The Morgan fingerprint density at radius 3 is 2.75 bits per heavy atom. The Hall–Kier alpha value is -1.51. The third kappa shape index (κ3) is 2.97. The number of nitrogens with one attached hydrogen (secondary N) is 2. The van der Waals surface area contributed by atoms with Crippen LogP contribution in [0.1, 0.15) is 50.2 Å². The molecule has 1 aromatic carbocycles. The van der Waals surface area contributed by atoms with E-state index in [4.69, 9.17) is 0 Å². The predicted molar refractivity (Wildman–Crippen MR) is 82.0 cm³/mol. The lowest BCUT2D eigenvalue weighted by molar-refractivity contribution is 0.232. The normalized spacial score (nSPS) is 25.1. The Morgan fingerprint density at radius 2 is 1.90 bits per heavy atom. The van der Waals surface area contributed by atoms with Gasteiger partial charge in [0, 0.05) is 11.7 Å². The van der Waals surface area contributed by atoms with Crippen molar-refractivity contribution in [3.8, 4) is 0 Å². The SMILES string of the molecule is C[C@H]1CCCC[C@H]1NC(=O)Nc1ccc2c(c1)CCC2. The molecule has 1 saturated carbocycles. The van der Waals surface area contributed by atoms with Gasteiger partial charge in [-0.2, -0.15) is 0 Å². The standard InChI is InChI=1S/C17H24N2O/c1-12-5-2-3-8-16(12)19-17(20)18-15-10-9-13-6-4-7-14(13)11-15/h9-12,16H,2-8H2,1H3,(H2,18,19,20)/t12-,16+/m0/s1. The molecule has 2 atom stereocenters. The number of aryl methyl sites for hydroxylation is 2. The fraction of sp³-hybridized carbons (Fsp3) is 0.588. The van der Waals surface area contributed by atoms with Crippen LogP contribution < -0.4 is 10.6 Å². The van der Waals surface area contributed by atoms with Gasteiger partial charge >= 0.3 is 6.03 Å². The first-order valence-corrected chi connectivity index (χ1v) is 7.92. The first-order valence-electron chi connectivity index (χ1n) is 7.92. The van der Waals surface area contributed by atoms with Gasteiger partial charge in [0.25, 0.3) is 0 Å². The molecule has 3 nitrogen and oxygen atoms in total. The van der Waals surface area contributed by atoms with Gasteiger partial charge in [0.1, 0.15) is 0 Å². The Balaban J connectivity index is 1.58. The molecule has 1 fully saturated rings. The molecule has 0 aliphatic heterocycles.